The van der Waals surface area contributed by atoms with Crippen LogP contribution in [0, 0.1) is 0 Å². The Morgan fingerprint density at radius 3 is 2.47 bits per heavy atom. The van der Waals surface area contributed by atoms with Crippen LogP contribution >= 0.6 is 15.9 Å². The lowest BCUT2D eigenvalue weighted by Gasteiger charge is -2.25. The van der Waals surface area contributed by atoms with Crippen molar-refractivity contribution in [1.82, 2.24) is 9.21 Å². The Morgan fingerprint density at radius 1 is 0.971 bits per heavy atom. The molecule has 7 nitrogen and oxygen atoms in total. The smallest absolute Gasteiger partial charge is 0.279 e. The highest BCUT2D eigenvalue weighted by Crippen LogP contribution is 2.25. The van der Waals surface area contributed by atoms with Gasteiger partial charge in [0.2, 0.25) is 10.0 Å². The van der Waals surface area contributed by atoms with E-state index < -0.39 is 15.9 Å². The summed E-state index contributed by atoms with van der Waals surface area (Å²) < 4.78 is 28.2. The fraction of sp³-hybridized carbons (Fsp3) is 0.240. The SMILES string of the molecule is O=C(N=C1N=C2C=CC(Br)=CN2Cc2ccccc21)c1ccc(S(=O)(=O)N2CCCCC2)cc1. The largest absolute Gasteiger partial charge is 0.327 e. The van der Waals surface area contributed by atoms with Crippen LogP contribution in [0.2, 0.25) is 0 Å². The van der Waals surface area contributed by atoms with Gasteiger partial charge in [0.25, 0.3) is 5.91 Å². The Kier molecular flexibility index (Phi) is 6.33. The molecule has 0 aliphatic carbocycles. The second-order valence-electron chi connectivity index (χ2n) is 8.33. The van der Waals surface area contributed by atoms with Crippen LogP contribution in [0.15, 0.2) is 86.2 Å². The molecule has 34 heavy (non-hydrogen) atoms. The maximum absolute atomic E-state index is 13.0. The normalized spacial score (nSPS) is 19.7. The highest BCUT2D eigenvalue weighted by molar-refractivity contribution is 9.11. The van der Waals surface area contributed by atoms with E-state index in [1.54, 1.807) is 0 Å². The first-order valence-electron chi connectivity index (χ1n) is 11.1. The van der Waals surface area contributed by atoms with Gasteiger partial charge in [-0.15, -0.1) is 0 Å². The molecule has 0 unspecified atom stereocenters. The lowest BCUT2D eigenvalue weighted by molar-refractivity contribution is 0.100. The number of carbonyl (C=O) groups excluding carboxylic acids is 1. The van der Waals surface area contributed by atoms with E-state index in [0.29, 0.717) is 36.9 Å². The summed E-state index contributed by atoms with van der Waals surface area (Å²) in [7, 11) is -3.55. The zero-order valence-electron chi connectivity index (χ0n) is 18.4. The Labute approximate surface area is 207 Å². The number of hydrogen-bond donors (Lipinski definition) is 0. The van der Waals surface area contributed by atoms with Gasteiger partial charge in [-0.25, -0.2) is 13.4 Å². The van der Waals surface area contributed by atoms with Crippen molar-refractivity contribution < 1.29 is 13.2 Å². The number of amides is 1. The molecule has 174 valence electrons. The standard InChI is InChI=1S/C25H23BrN4O3S/c26-20-10-13-23-27-24(22-7-3-2-6-19(22)16-29(23)17-20)28-25(31)18-8-11-21(12-9-18)34(32,33)30-14-4-1-5-15-30/h2-3,6-13,17H,1,4-5,14-16H2. The highest BCUT2D eigenvalue weighted by atomic mass is 79.9. The number of carbonyl (C=O) groups is 1. The van der Waals surface area contributed by atoms with E-state index in [4.69, 9.17) is 0 Å². The number of fused-ring (bicyclic) bond motifs is 2. The number of rotatable bonds is 3. The molecule has 3 aliphatic rings. The van der Waals surface area contributed by atoms with Crippen LogP contribution in [-0.4, -0.2) is 48.3 Å². The Hall–Kier alpha value is -2.88. The van der Waals surface area contributed by atoms with Gasteiger partial charge in [-0.1, -0.05) is 30.7 Å². The molecular weight excluding hydrogens is 516 g/mol. The van der Waals surface area contributed by atoms with Crippen molar-refractivity contribution in [1.29, 1.82) is 0 Å². The number of nitrogens with zero attached hydrogens (tertiary/aromatic N) is 4. The van der Waals surface area contributed by atoms with E-state index in [1.165, 1.54) is 28.6 Å². The number of piperidine rings is 1. The Balaban J connectivity index is 1.46. The highest BCUT2D eigenvalue weighted by Gasteiger charge is 2.26. The van der Waals surface area contributed by atoms with Crippen molar-refractivity contribution in [3.63, 3.8) is 0 Å². The maximum atomic E-state index is 13.0. The van der Waals surface area contributed by atoms with Crippen molar-refractivity contribution in [2.24, 2.45) is 9.98 Å². The van der Waals surface area contributed by atoms with Crippen molar-refractivity contribution in [3.05, 3.63) is 88.1 Å². The van der Waals surface area contributed by atoms with Crippen molar-refractivity contribution >= 4 is 43.5 Å². The van der Waals surface area contributed by atoms with Gasteiger partial charge in [0.05, 0.1) is 4.90 Å². The van der Waals surface area contributed by atoms with Crippen LogP contribution in [0.5, 0.6) is 0 Å². The average molecular weight is 539 g/mol. The monoisotopic (exact) mass is 538 g/mol. The number of amidine groups is 2. The van der Waals surface area contributed by atoms with E-state index in [1.807, 2.05) is 47.5 Å². The summed E-state index contributed by atoms with van der Waals surface area (Å²) in [5, 5.41) is 0. The predicted molar refractivity (Wildman–Crippen MR) is 135 cm³/mol. The van der Waals surface area contributed by atoms with E-state index in [0.717, 1.165) is 34.9 Å². The molecule has 1 amide bonds. The maximum Gasteiger partial charge on any atom is 0.279 e. The molecule has 0 saturated carbocycles. The van der Waals surface area contributed by atoms with Gasteiger partial charge in [0.1, 0.15) is 5.84 Å². The minimum Gasteiger partial charge on any atom is -0.327 e. The summed E-state index contributed by atoms with van der Waals surface area (Å²) in [5.74, 6) is 0.550. The van der Waals surface area contributed by atoms with Crippen LogP contribution in [0.3, 0.4) is 0 Å². The summed E-state index contributed by atoms with van der Waals surface area (Å²) >= 11 is 3.49. The second-order valence-corrected chi connectivity index (χ2v) is 11.2. The number of sulfonamides is 1. The minimum absolute atomic E-state index is 0.194. The second kappa shape index (κ2) is 9.40. The molecule has 0 bridgehead atoms. The van der Waals surface area contributed by atoms with Gasteiger partial charge in [-0.3, -0.25) is 4.79 Å². The quantitative estimate of drug-likeness (QED) is 0.577. The minimum atomic E-state index is -3.55. The third kappa shape index (κ3) is 4.55. The average Bonchev–Trinajstić information content (AvgIpc) is 3.00. The van der Waals surface area contributed by atoms with E-state index in [9.17, 15) is 13.2 Å². The summed E-state index contributed by atoms with van der Waals surface area (Å²) in [6.07, 6.45) is 8.51. The molecule has 2 aromatic rings. The van der Waals surface area contributed by atoms with E-state index >= 15 is 0 Å². The molecule has 1 saturated heterocycles. The fourth-order valence-corrected chi connectivity index (χ4v) is 6.13. The van der Waals surface area contributed by atoms with Crippen molar-refractivity contribution in [2.45, 2.75) is 30.7 Å². The number of aliphatic imine (C=N–C) groups is 2. The van der Waals surface area contributed by atoms with Crippen LogP contribution < -0.4 is 0 Å². The fourth-order valence-electron chi connectivity index (χ4n) is 4.23. The molecule has 0 radical (unpaired) electrons. The van der Waals surface area contributed by atoms with Crippen LogP contribution in [0.4, 0.5) is 0 Å². The molecule has 0 N–H and O–H groups in total. The zero-order chi connectivity index (χ0) is 23.7. The molecule has 1 fully saturated rings. The van der Waals surface area contributed by atoms with Crippen LogP contribution in [0.25, 0.3) is 0 Å². The van der Waals surface area contributed by atoms with Gasteiger partial charge in [-0.05, 0) is 70.8 Å². The summed E-state index contributed by atoms with van der Waals surface area (Å²) in [6.45, 7) is 1.67. The number of allylic oxidation sites excluding steroid dienone is 2. The summed E-state index contributed by atoms with van der Waals surface area (Å²) in [6, 6.07) is 13.7. The number of halogens is 1. The topological polar surface area (TPSA) is 82.4 Å². The zero-order valence-corrected chi connectivity index (χ0v) is 20.8. The van der Waals surface area contributed by atoms with Gasteiger partial charge in [0, 0.05) is 41.4 Å². The molecule has 3 heterocycles. The molecule has 0 aromatic heterocycles. The van der Waals surface area contributed by atoms with E-state index in [-0.39, 0.29) is 4.90 Å². The molecule has 5 rings (SSSR count). The molecule has 9 heteroatoms. The van der Waals surface area contributed by atoms with Gasteiger partial charge < -0.3 is 4.90 Å². The molecule has 3 aliphatic heterocycles. The Bertz CT molecular complexity index is 1350. The van der Waals surface area contributed by atoms with Gasteiger partial charge in [-0.2, -0.15) is 9.30 Å². The van der Waals surface area contributed by atoms with Crippen molar-refractivity contribution in [2.75, 3.05) is 13.1 Å². The van der Waals surface area contributed by atoms with Gasteiger partial charge >= 0.3 is 0 Å². The third-order valence-electron chi connectivity index (χ3n) is 6.05. The first-order chi connectivity index (χ1) is 16.4. The first kappa shape index (κ1) is 22.9. The summed E-state index contributed by atoms with van der Waals surface area (Å²) in [4.78, 5) is 24.2. The number of benzene rings is 2. The Morgan fingerprint density at radius 2 is 1.71 bits per heavy atom. The van der Waals surface area contributed by atoms with Gasteiger partial charge in [0.15, 0.2) is 5.84 Å². The lowest BCUT2D eigenvalue weighted by Crippen LogP contribution is -2.35. The van der Waals surface area contributed by atoms with Crippen molar-refractivity contribution in [3.8, 4) is 0 Å². The first-order valence-corrected chi connectivity index (χ1v) is 13.4. The predicted octanol–water partition coefficient (Wildman–Crippen LogP) is 4.47. The summed E-state index contributed by atoms with van der Waals surface area (Å²) in [5.41, 5.74) is 2.10. The molecule has 2 aromatic carbocycles. The molecular formula is C25H23BrN4O3S. The third-order valence-corrected chi connectivity index (χ3v) is 8.43. The molecule has 0 atom stereocenters. The lowest BCUT2D eigenvalue weighted by atomic mass is 10.1. The van der Waals surface area contributed by atoms with Crippen LogP contribution in [0.1, 0.15) is 40.7 Å². The van der Waals surface area contributed by atoms with Crippen LogP contribution in [-0.2, 0) is 16.6 Å². The number of hydrogen-bond acceptors (Lipinski definition) is 4. The molecule has 0 spiro atoms. The van der Waals surface area contributed by atoms with E-state index in [2.05, 4.69) is 25.9 Å².